The Hall–Kier alpha value is -1.24. The van der Waals surface area contributed by atoms with Gasteiger partial charge in [-0.25, -0.2) is 0 Å². The van der Waals surface area contributed by atoms with Crippen LogP contribution in [0.4, 0.5) is 0 Å². The lowest BCUT2D eigenvalue weighted by Crippen LogP contribution is -2.02. The van der Waals surface area contributed by atoms with Crippen LogP contribution >= 0.6 is 0 Å². The molecule has 0 amide bonds. The van der Waals surface area contributed by atoms with E-state index in [4.69, 9.17) is 0 Å². The lowest BCUT2D eigenvalue weighted by atomic mass is 10.0. The van der Waals surface area contributed by atoms with Gasteiger partial charge < -0.3 is 4.90 Å². The van der Waals surface area contributed by atoms with E-state index in [-0.39, 0.29) is 0 Å². The van der Waals surface area contributed by atoms with E-state index in [9.17, 15) is 0 Å². The summed E-state index contributed by atoms with van der Waals surface area (Å²) < 4.78 is 0. The molecule has 0 radical (unpaired) electrons. The molecule has 0 heterocycles. The maximum atomic E-state index is 2.27. The molecule has 0 aliphatic carbocycles. The minimum Gasteiger partial charge on any atom is -0.384 e. The van der Waals surface area contributed by atoms with Crippen LogP contribution in [0.25, 0.3) is 0 Å². The average molecular weight is 203 g/mol. The van der Waals surface area contributed by atoms with Gasteiger partial charge >= 0.3 is 0 Å². The third-order valence-corrected chi connectivity index (χ3v) is 2.44. The summed E-state index contributed by atoms with van der Waals surface area (Å²) in [5.41, 5.74) is 1.43. The first-order valence-corrected chi connectivity index (χ1v) is 5.57. The van der Waals surface area contributed by atoms with Gasteiger partial charge in [0.1, 0.15) is 0 Å². The van der Waals surface area contributed by atoms with E-state index >= 15 is 0 Å². The van der Waals surface area contributed by atoms with E-state index in [0.717, 1.165) is 0 Å². The molecule has 1 heteroatoms. The fourth-order valence-electron chi connectivity index (χ4n) is 1.45. The van der Waals surface area contributed by atoms with Gasteiger partial charge in [-0.1, -0.05) is 43.3 Å². The van der Waals surface area contributed by atoms with Gasteiger partial charge in [-0.3, -0.25) is 0 Å². The van der Waals surface area contributed by atoms with Crippen LogP contribution in [0.15, 0.2) is 42.6 Å². The van der Waals surface area contributed by atoms with Gasteiger partial charge in [0.05, 0.1) is 0 Å². The van der Waals surface area contributed by atoms with Crippen molar-refractivity contribution in [1.82, 2.24) is 4.90 Å². The maximum absolute atomic E-state index is 2.27. The van der Waals surface area contributed by atoms with Gasteiger partial charge in [-0.05, 0) is 30.5 Å². The SMILES string of the molecule is C[C@@H](/C=C/N(C)C)CCc1ccccc1. The van der Waals surface area contributed by atoms with E-state index in [2.05, 4.69) is 68.5 Å². The number of benzene rings is 1. The molecule has 0 spiro atoms. The Morgan fingerprint density at radius 3 is 2.47 bits per heavy atom. The lowest BCUT2D eigenvalue weighted by molar-refractivity contribution is 0.547. The van der Waals surface area contributed by atoms with Crippen molar-refractivity contribution in [3.8, 4) is 0 Å². The van der Waals surface area contributed by atoms with Crippen molar-refractivity contribution >= 4 is 0 Å². The number of aryl methyl sites for hydroxylation is 1. The molecule has 1 atom stereocenters. The fourth-order valence-corrected chi connectivity index (χ4v) is 1.45. The molecule has 1 aromatic carbocycles. The molecule has 1 aromatic rings. The lowest BCUT2D eigenvalue weighted by Gasteiger charge is -2.08. The molecule has 0 saturated carbocycles. The third kappa shape index (κ3) is 5.26. The molecule has 0 bridgehead atoms. The van der Waals surface area contributed by atoms with Crippen molar-refractivity contribution in [2.45, 2.75) is 19.8 Å². The standard InChI is InChI=1S/C14H21N/c1-13(11-12-15(2)3)9-10-14-7-5-4-6-8-14/h4-8,11-13H,9-10H2,1-3H3/b12-11+/t13-/m1/s1. The number of allylic oxidation sites excluding steroid dienone is 1. The summed E-state index contributed by atoms with van der Waals surface area (Å²) in [6, 6.07) is 10.7. The highest BCUT2D eigenvalue weighted by molar-refractivity contribution is 5.14. The van der Waals surface area contributed by atoms with Crippen LogP contribution in [0.5, 0.6) is 0 Å². The van der Waals surface area contributed by atoms with Crippen molar-refractivity contribution < 1.29 is 0 Å². The largest absolute Gasteiger partial charge is 0.384 e. The Bertz CT molecular complexity index is 287. The van der Waals surface area contributed by atoms with E-state index in [1.165, 1.54) is 18.4 Å². The molecule has 82 valence electrons. The molecule has 0 aliphatic heterocycles. The molecule has 1 nitrogen and oxygen atoms in total. The molecule has 0 saturated heterocycles. The zero-order chi connectivity index (χ0) is 11.1. The zero-order valence-electron chi connectivity index (χ0n) is 9.98. The Balaban J connectivity index is 2.31. The van der Waals surface area contributed by atoms with Gasteiger partial charge in [0.25, 0.3) is 0 Å². The summed E-state index contributed by atoms with van der Waals surface area (Å²) in [5, 5.41) is 0. The fraction of sp³-hybridized carbons (Fsp3) is 0.429. The van der Waals surface area contributed by atoms with Gasteiger partial charge in [0.2, 0.25) is 0 Å². The second-order valence-corrected chi connectivity index (χ2v) is 4.31. The second kappa shape index (κ2) is 6.28. The molecular weight excluding hydrogens is 182 g/mol. The molecule has 0 aromatic heterocycles. The number of hydrogen-bond donors (Lipinski definition) is 0. The molecule has 0 aliphatic rings. The maximum Gasteiger partial charge on any atom is 0.00555 e. The minimum atomic E-state index is 0.646. The van der Waals surface area contributed by atoms with Gasteiger partial charge in [-0.15, -0.1) is 0 Å². The number of hydrogen-bond acceptors (Lipinski definition) is 1. The molecular formula is C14H21N. The van der Waals surface area contributed by atoms with Crippen molar-refractivity contribution in [2.75, 3.05) is 14.1 Å². The molecule has 1 rings (SSSR count). The molecule has 0 fully saturated rings. The Kier molecular flexibility index (Phi) is 4.96. The van der Waals surface area contributed by atoms with E-state index in [1.54, 1.807) is 0 Å². The van der Waals surface area contributed by atoms with Gasteiger partial charge in [-0.2, -0.15) is 0 Å². The van der Waals surface area contributed by atoms with Crippen LogP contribution in [0.1, 0.15) is 18.9 Å². The summed E-state index contributed by atoms with van der Waals surface area (Å²) in [5.74, 6) is 0.646. The summed E-state index contributed by atoms with van der Waals surface area (Å²) in [6.07, 6.45) is 6.78. The summed E-state index contributed by atoms with van der Waals surface area (Å²) >= 11 is 0. The molecule has 15 heavy (non-hydrogen) atoms. The van der Waals surface area contributed by atoms with Crippen LogP contribution in [-0.2, 0) is 6.42 Å². The van der Waals surface area contributed by atoms with Crippen molar-refractivity contribution in [3.63, 3.8) is 0 Å². The predicted molar refractivity (Wildman–Crippen MR) is 66.8 cm³/mol. The smallest absolute Gasteiger partial charge is 0.00555 e. The molecule has 0 N–H and O–H groups in total. The average Bonchev–Trinajstić information content (AvgIpc) is 2.25. The van der Waals surface area contributed by atoms with E-state index in [1.807, 2.05) is 0 Å². The normalized spacial score (nSPS) is 13.0. The topological polar surface area (TPSA) is 3.24 Å². The highest BCUT2D eigenvalue weighted by Gasteiger charge is 1.98. The summed E-state index contributed by atoms with van der Waals surface area (Å²) in [7, 11) is 4.11. The monoisotopic (exact) mass is 203 g/mol. The Morgan fingerprint density at radius 2 is 1.87 bits per heavy atom. The minimum absolute atomic E-state index is 0.646. The third-order valence-electron chi connectivity index (χ3n) is 2.44. The molecule has 0 unspecified atom stereocenters. The first kappa shape index (κ1) is 11.8. The van der Waals surface area contributed by atoms with E-state index in [0.29, 0.717) is 5.92 Å². The van der Waals surface area contributed by atoms with Crippen LogP contribution in [0.2, 0.25) is 0 Å². The highest BCUT2D eigenvalue weighted by Crippen LogP contribution is 2.10. The van der Waals surface area contributed by atoms with Gasteiger partial charge in [0.15, 0.2) is 0 Å². The highest BCUT2D eigenvalue weighted by atomic mass is 15.0. The van der Waals surface area contributed by atoms with Crippen LogP contribution in [0, 0.1) is 5.92 Å². The predicted octanol–water partition coefficient (Wildman–Crippen LogP) is 3.33. The van der Waals surface area contributed by atoms with E-state index < -0.39 is 0 Å². The Labute approximate surface area is 93.4 Å². The Morgan fingerprint density at radius 1 is 1.20 bits per heavy atom. The first-order chi connectivity index (χ1) is 7.18. The quantitative estimate of drug-likeness (QED) is 0.709. The van der Waals surface area contributed by atoms with Gasteiger partial charge in [0, 0.05) is 14.1 Å². The summed E-state index contributed by atoms with van der Waals surface area (Å²) in [6.45, 7) is 2.27. The van der Waals surface area contributed by atoms with Crippen LogP contribution in [-0.4, -0.2) is 19.0 Å². The number of nitrogens with zero attached hydrogens (tertiary/aromatic N) is 1. The second-order valence-electron chi connectivity index (χ2n) is 4.31. The zero-order valence-corrected chi connectivity index (χ0v) is 9.98. The summed E-state index contributed by atoms with van der Waals surface area (Å²) in [4.78, 5) is 2.08. The van der Waals surface area contributed by atoms with Crippen molar-refractivity contribution in [1.29, 1.82) is 0 Å². The van der Waals surface area contributed by atoms with Crippen LogP contribution < -0.4 is 0 Å². The number of rotatable bonds is 5. The van der Waals surface area contributed by atoms with Crippen molar-refractivity contribution in [3.05, 3.63) is 48.2 Å². The van der Waals surface area contributed by atoms with Crippen LogP contribution in [0.3, 0.4) is 0 Å². The van der Waals surface area contributed by atoms with Crippen molar-refractivity contribution in [2.24, 2.45) is 5.92 Å². The first-order valence-electron chi connectivity index (χ1n) is 5.57.